The van der Waals surface area contributed by atoms with Crippen molar-refractivity contribution in [2.24, 2.45) is 10.7 Å². The molecule has 4 nitrogen and oxygen atoms in total. The summed E-state index contributed by atoms with van der Waals surface area (Å²) in [6.45, 7) is 2.58. The molecule has 5 heteroatoms. The predicted molar refractivity (Wildman–Crippen MR) is 118 cm³/mol. The van der Waals surface area contributed by atoms with E-state index in [1.54, 1.807) is 6.07 Å². The second-order valence-electron chi connectivity index (χ2n) is 8.51. The molecule has 0 aromatic heterocycles. The molecule has 2 aromatic rings. The van der Waals surface area contributed by atoms with Gasteiger partial charge >= 0.3 is 0 Å². The molecule has 1 fully saturated rings. The summed E-state index contributed by atoms with van der Waals surface area (Å²) >= 11 is 0. The maximum absolute atomic E-state index is 14.1. The zero-order valence-electron chi connectivity index (χ0n) is 17.1. The van der Waals surface area contributed by atoms with Crippen LogP contribution in [0.3, 0.4) is 0 Å². The van der Waals surface area contributed by atoms with Crippen molar-refractivity contribution >= 4 is 5.71 Å². The number of benzene rings is 2. The first-order chi connectivity index (χ1) is 14.7. The summed E-state index contributed by atoms with van der Waals surface area (Å²) in [4.78, 5) is 7.00. The van der Waals surface area contributed by atoms with E-state index < -0.39 is 0 Å². The number of halogens is 1. The molecule has 30 heavy (non-hydrogen) atoms. The minimum absolute atomic E-state index is 0.115. The lowest BCUT2D eigenvalue weighted by Crippen LogP contribution is -2.51. The van der Waals surface area contributed by atoms with E-state index in [0.717, 1.165) is 50.0 Å². The number of ether oxygens (including phenoxy) is 1. The van der Waals surface area contributed by atoms with Crippen LogP contribution < -0.4 is 10.5 Å². The maximum atomic E-state index is 14.1. The van der Waals surface area contributed by atoms with Crippen LogP contribution in [-0.4, -0.2) is 42.3 Å². The highest BCUT2D eigenvalue weighted by Crippen LogP contribution is 2.38. The Morgan fingerprint density at radius 2 is 2.03 bits per heavy atom. The average Bonchev–Trinajstić information content (AvgIpc) is 3.30. The largest absolute Gasteiger partial charge is 0.483 e. The number of hydrogen-bond acceptors (Lipinski definition) is 4. The third-order valence-corrected chi connectivity index (χ3v) is 6.49. The van der Waals surface area contributed by atoms with E-state index in [2.05, 4.69) is 34.2 Å². The topological polar surface area (TPSA) is 50.8 Å². The van der Waals surface area contributed by atoms with Crippen molar-refractivity contribution < 1.29 is 9.13 Å². The molecular formula is C25H28FN3O. The number of rotatable bonds is 4. The van der Waals surface area contributed by atoms with Gasteiger partial charge in [-0.05, 0) is 67.6 Å². The van der Waals surface area contributed by atoms with E-state index in [0.29, 0.717) is 12.3 Å². The van der Waals surface area contributed by atoms with Gasteiger partial charge in [0.05, 0.1) is 18.3 Å². The Labute approximate surface area is 177 Å². The summed E-state index contributed by atoms with van der Waals surface area (Å²) in [7, 11) is 0. The Balaban J connectivity index is 1.52. The lowest BCUT2D eigenvalue weighted by atomic mass is 9.84. The van der Waals surface area contributed by atoms with E-state index in [-0.39, 0.29) is 24.0 Å². The fourth-order valence-electron chi connectivity index (χ4n) is 5.04. The van der Waals surface area contributed by atoms with Crippen LogP contribution in [0.2, 0.25) is 0 Å². The minimum atomic E-state index is -0.275. The average molecular weight is 406 g/mol. The number of likely N-dealkylation sites (tertiary alicyclic amines) is 1. The molecule has 0 unspecified atom stereocenters. The number of nitrogens with zero attached hydrogens (tertiary/aromatic N) is 2. The van der Waals surface area contributed by atoms with Crippen molar-refractivity contribution in [1.82, 2.24) is 4.90 Å². The third kappa shape index (κ3) is 3.80. The Morgan fingerprint density at radius 1 is 1.13 bits per heavy atom. The van der Waals surface area contributed by atoms with Crippen LogP contribution in [0.1, 0.15) is 42.1 Å². The lowest BCUT2D eigenvalue weighted by molar-refractivity contribution is 0.0366. The van der Waals surface area contributed by atoms with E-state index in [4.69, 9.17) is 10.5 Å². The highest BCUT2D eigenvalue weighted by Gasteiger charge is 2.37. The van der Waals surface area contributed by atoms with Crippen LogP contribution in [0.15, 0.2) is 59.6 Å². The first kappa shape index (κ1) is 19.5. The smallest absolute Gasteiger partial charge is 0.139 e. The van der Waals surface area contributed by atoms with Gasteiger partial charge in [0.1, 0.15) is 17.7 Å². The Bertz CT molecular complexity index is 986. The van der Waals surface area contributed by atoms with Gasteiger partial charge in [-0.2, -0.15) is 0 Å². The van der Waals surface area contributed by atoms with E-state index >= 15 is 0 Å². The van der Waals surface area contributed by atoms with Crippen molar-refractivity contribution in [3.63, 3.8) is 0 Å². The number of hydrogen-bond donors (Lipinski definition) is 1. The normalized spacial score (nSPS) is 26.3. The molecular weight excluding hydrogens is 377 g/mol. The number of fused-ring (bicyclic) bond motifs is 1. The summed E-state index contributed by atoms with van der Waals surface area (Å²) in [6.07, 6.45) is 8.09. The van der Waals surface area contributed by atoms with Gasteiger partial charge in [0.15, 0.2) is 0 Å². The van der Waals surface area contributed by atoms with Crippen molar-refractivity contribution in [2.75, 3.05) is 19.6 Å². The number of aryl methyl sites for hydroxylation is 1. The highest BCUT2D eigenvalue weighted by molar-refractivity contribution is 6.11. The first-order valence-electron chi connectivity index (χ1n) is 10.9. The van der Waals surface area contributed by atoms with Gasteiger partial charge in [0.2, 0.25) is 0 Å². The van der Waals surface area contributed by atoms with E-state index in [1.165, 1.54) is 23.3 Å². The predicted octanol–water partition coefficient (Wildman–Crippen LogP) is 4.04. The Hall–Kier alpha value is -2.50. The van der Waals surface area contributed by atoms with Crippen LogP contribution in [0.25, 0.3) is 0 Å². The molecule has 0 spiro atoms. The molecule has 2 aliphatic heterocycles. The monoisotopic (exact) mass is 405 g/mol. The summed E-state index contributed by atoms with van der Waals surface area (Å²) in [5.41, 5.74) is 10.4. The van der Waals surface area contributed by atoms with Gasteiger partial charge in [-0.3, -0.25) is 9.89 Å². The number of piperidine rings is 1. The van der Waals surface area contributed by atoms with Gasteiger partial charge in [0.25, 0.3) is 0 Å². The van der Waals surface area contributed by atoms with Crippen molar-refractivity contribution in [3.05, 3.63) is 77.1 Å². The molecule has 2 heterocycles. The SMILES string of the molecule is N[C@H]1CCCN([C@H]2CCc3ccccc3[C@@H]2Oc2ccc(F)cc2C2=NCC=C2)C1. The molecule has 2 N–H and O–H groups in total. The minimum Gasteiger partial charge on any atom is -0.483 e. The lowest BCUT2D eigenvalue weighted by Gasteiger charge is -2.43. The molecule has 2 aromatic carbocycles. The fourth-order valence-corrected chi connectivity index (χ4v) is 5.04. The van der Waals surface area contributed by atoms with Crippen molar-refractivity contribution in [3.8, 4) is 5.75 Å². The van der Waals surface area contributed by atoms with Gasteiger partial charge in [-0.1, -0.05) is 30.3 Å². The van der Waals surface area contributed by atoms with Gasteiger partial charge in [0, 0.05) is 18.2 Å². The quantitative estimate of drug-likeness (QED) is 0.835. The van der Waals surface area contributed by atoms with Crippen LogP contribution in [0, 0.1) is 5.82 Å². The Morgan fingerprint density at radius 3 is 2.87 bits per heavy atom. The highest BCUT2D eigenvalue weighted by atomic mass is 19.1. The van der Waals surface area contributed by atoms with Gasteiger partial charge in [-0.25, -0.2) is 4.39 Å². The molecule has 1 aliphatic carbocycles. The first-order valence-corrected chi connectivity index (χ1v) is 10.9. The maximum Gasteiger partial charge on any atom is 0.139 e. The van der Waals surface area contributed by atoms with Crippen LogP contribution >= 0.6 is 0 Å². The molecule has 3 atom stereocenters. The zero-order valence-corrected chi connectivity index (χ0v) is 17.1. The Kier molecular flexibility index (Phi) is 5.40. The summed E-state index contributed by atoms with van der Waals surface area (Å²) in [5.74, 6) is 0.414. The van der Waals surface area contributed by atoms with Crippen LogP contribution in [0.4, 0.5) is 4.39 Å². The second kappa shape index (κ2) is 8.32. The van der Waals surface area contributed by atoms with Crippen LogP contribution in [0.5, 0.6) is 5.75 Å². The number of aliphatic imine (C=N–C) groups is 1. The molecule has 156 valence electrons. The number of allylic oxidation sites excluding steroid dienone is 1. The molecule has 0 bridgehead atoms. The van der Waals surface area contributed by atoms with Gasteiger partial charge < -0.3 is 10.5 Å². The molecule has 0 saturated carbocycles. The van der Waals surface area contributed by atoms with E-state index in [9.17, 15) is 4.39 Å². The fraction of sp³-hybridized carbons (Fsp3) is 0.400. The summed E-state index contributed by atoms with van der Waals surface area (Å²) < 4.78 is 20.8. The van der Waals surface area contributed by atoms with E-state index in [1.807, 2.05) is 12.2 Å². The van der Waals surface area contributed by atoms with Crippen LogP contribution in [-0.2, 0) is 6.42 Å². The summed E-state index contributed by atoms with van der Waals surface area (Å²) in [5, 5.41) is 0. The standard InChI is InChI=1S/C25H28FN3O/c26-18-10-12-24(21(15-18)22-8-3-13-28-22)30-25-20-7-2-1-5-17(20)9-11-23(25)29-14-4-6-19(27)16-29/h1-3,5,7-8,10,12,15,19,23,25H,4,6,9,11,13-14,16,27H2/t19-,23-,25-/m0/s1. The van der Waals surface area contributed by atoms with Crippen molar-refractivity contribution in [1.29, 1.82) is 0 Å². The molecule has 0 amide bonds. The third-order valence-electron chi connectivity index (χ3n) is 6.49. The summed E-state index contributed by atoms with van der Waals surface area (Å²) in [6, 6.07) is 13.8. The molecule has 1 saturated heterocycles. The number of nitrogens with two attached hydrogens (primary N) is 1. The second-order valence-corrected chi connectivity index (χ2v) is 8.51. The molecule has 5 rings (SSSR count). The molecule has 0 radical (unpaired) electrons. The molecule has 3 aliphatic rings. The van der Waals surface area contributed by atoms with Crippen molar-refractivity contribution in [2.45, 2.75) is 43.9 Å². The van der Waals surface area contributed by atoms with Gasteiger partial charge in [-0.15, -0.1) is 0 Å². The zero-order chi connectivity index (χ0) is 20.5.